The van der Waals surface area contributed by atoms with E-state index in [4.69, 9.17) is 0 Å². The molecule has 0 aliphatic carbocycles. The van der Waals surface area contributed by atoms with Crippen LogP contribution in [0.1, 0.15) is 25.3 Å². The first-order chi connectivity index (χ1) is 9.97. The zero-order valence-corrected chi connectivity index (χ0v) is 13.7. The van der Waals surface area contributed by atoms with Crippen molar-refractivity contribution in [3.8, 4) is 0 Å². The lowest BCUT2D eigenvalue weighted by Gasteiger charge is -2.29. The van der Waals surface area contributed by atoms with Gasteiger partial charge in [0.15, 0.2) is 0 Å². The van der Waals surface area contributed by atoms with Gasteiger partial charge in [-0.15, -0.1) is 0 Å². The summed E-state index contributed by atoms with van der Waals surface area (Å²) in [6.45, 7) is 4.53. The van der Waals surface area contributed by atoms with Gasteiger partial charge >= 0.3 is 0 Å². The molecule has 1 saturated heterocycles. The highest BCUT2D eigenvalue weighted by Crippen LogP contribution is 2.26. The van der Waals surface area contributed by atoms with Crippen LogP contribution >= 0.6 is 0 Å². The third-order valence-corrected chi connectivity index (χ3v) is 4.18. The third kappa shape index (κ3) is 4.21. The Labute approximate surface area is 128 Å². The first-order valence-corrected chi connectivity index (χ1v) is 7.69. The van der Waals surface area contributed by atoms with Crippen LogP contribution in [0.25, 0.3) is 0 Å². The average molecular weight is 289 g/mol. The number of nitrogens with zero attached hydrogens (tertiary/aromatic N) is 3. The summed E-state index contributed by atoms with van der Waals surface area (Å²) in [6, 6.07) is 9.28. The van der Waals surface area contributed by atoms with E-state index in [1.165, 1.54) is 24.1 Å². The van der Waals surface area contributed by atoms with Gasteiger partial charge in [-0.05, 0) is 44.6 Å². The number of likely N-dealkylation sites (N-methyl/N-ethyl adjacent to an activating group) is 1. The second-order valence-electron chi connectivity index (χ2n) is 6.29. The number of carbonyl (C=O) groups is 1. The molecule has 21 heavy (non-hydrogen) atoms. The van der Waals surface area contributed by atoms with Gasteiger partial charge in [-0.1, -0.05) is 12.1 Å². The number of anilines is 1. The Kier molecular flexibility index (Phi) is 5.23. The molecule has 0 bridgehead atoms. The molecule has 1 aromatic carbocycles. The number of hydrogen-bond donors (Lipinski definition) is 0. The summed E-state index contributed by atoms with van der Waals surface area (Å²) in [5.41, 5.74) is 2.48. The highest BCUT2D eigenvalue weighted by Gasteiger charge is 2.24. The Morgan fingerprint density at radius 2 is 1.90 bits per heavy atom. The normalized spacial score (nSPS) is 18.3. The van der Waals surface area contributed by atoms with Gasteiger partial charge in [0.2, 0.25) is 5.91 Å². The molecule has 1 atom stereocenters. The second-order valence-corrected chi connectivity index (χ2v) is 6.29. The van der Waals surface area contributed by atoms with Crippen molar-refractivity contribution >= 4 is 11.6 Å². The predicted molar refractivity (Wildman–Crippen MR) is 87.5 cm³/mol. The van der Waals surface area contributed by atoms with Crippen LogP contribution in [-0.4, -0.2) is 56.0 Å². The van der Waals surface area contributed by atoms with Crippen LogP contribution in [0.4, 0.5) is 5.69 Å². The Morgan fingerprint density at radius 1 is 1.24 bits per heavy atom. The summed E-state index contributed by atoms with van der Waals surface area (Å²) in [6.07, 6.45) is 2.54. The molecule has 1 aromatic rings. The van der Waals surface area contributed by atoms with Gasteiger partial charge in [0.1, 0.15) is 0 Å². The fourth-order valence-corrected chi connectivity index (χ4v) is 2.96. The predicted octanol–water partition coefficient (Wildman–Crippen LogP) is 2.20. The summed E-state index contributed by atoms with van der Waals surface area (Å²) in [5, 5.41) is 0. The van der Waals surface area contributed by atoms with Gasteiger partial charge in [0, 0.05) is 45.3 Å². The van der Waals surface area contributed by atoms with Crippen molar-refractivity contribution in [3.05, 3.63) is 29.8 Å². The van der Waals surface area contributed by atoms with Gasteiger partial charge < -0.3 is 14.7 Å². The Hall–Kier alpha value is -1.55. The number of carbonyl (C=O) groups excluding carboxylic acids is 1. The van der Waals surface area contributed by atoms with Crippen LogP contribution in [0.2, 0.25) is 0 Å². The van der Waals surface area contributed by atoms with Crippen molar-refractivity contribution in [2.24, 2.45) is 0 Å². The maximum Gasteiger partial charge on any atom is 0.219 e. The van der Waals surface area contributed by atoms with Gasteiger partial charge in [-0.25, -0.2) is 0 Å². The maximum absolute atomic E-state index is 11.3. The molecular formula is C17H27N3O. The van der Waals surface area contributed by atoms with E-state index in [0.29, 0.717) is 12.6 Å². The van der Waals surface area contributed by atoms with E-state index < -0.39 is 0 Å². The lowest BCUT2D eigenvalue weighted by Crippen LogP contribution is -2.37. The minimum Gasteiger partial charge on any atom is -0.367 e. The van der Waals surface area contributed by atoms with Crippen LogP contribution in [-0.2, 0) is 11.3 Å². The molecule has 1 heterocycles. The van der Waals surface area contributed by atoms with Crippen LogP contribution < -0.4 is 4.90 Å². The topological polar surface area (TPSA) is 26.8 Å². The van der Waals surface area contributed by atoms with Crippen LogP contribution in [0, 0.1) is 0 Å². The number of amides is 1. The fraction of sp³-hybridized carbons (Fsp3) is 0.588. The van der Waals surface area contributed by atoms with Gasteiger partial charge in [-0.2, -0.15) is 0 Å². The molecule has 0 spiro atoms. The molecular weight excluding hydrogens is 262 g/mol. The van der Waals surface area contributed by atoms with E-state index in [1.807, 2.05) is 7.05 Å². The summed E-state index contributed by atoms with van der Waals surface area (Å²) in [5.74, 6) is 0.102. The van der Waals surface area contributed by atoms with E-state index in [9.17, 15) is 4.79 Å². The van der Waals surface area contributed by atoms with E-state index >= 15 is 0 Å². The Balaban J connectivity index is 2.02. The SMILES string of the molecule is CC(=O)N(C)Cc1ccc(N2CCCC2CN(C)C)cc1. The molecule has 1 aliphatic heterocycles. The second kappa shape index (κ2) is 6.94. The summed E-state index contributed by atoms with van der Waals surface area (Å²) in [4.78, 5) is 17.8. The fourth-order valence-electron chi connectivity index (χ4n) is 2.96. The van der Waals surface area contributed by atoms with Crippen LogP contribution in [0.15, 0.2) is 24.3 Å². The largest absolute Gasteiger partial charge is 0.367 e. The molecule has 0 saturated carbocycles. The molecule has 4 nitrogen and oxygen atoms in total. The number of hydrogen-bond acceptors (Lipinski definition) is 3. The van der Waals surface area contributed by atoms with Gasteiger partial charge in [-0.3, -0.25) is 4.79 Å². The number of rotatable bonds is 5. The molecule has 1 amide bonds. The molecule has 0 N–H and O–H groups in total. The van der Waals surface area contributed by atoms with Gasteiger partial charge in [0.05, 0.1) is 0 Å². The van der Waals surface area contributed by atoms with E-state index in [-0.39, 0.29) is 5.91 Å². The van der Waals surface area contributed by atoms with Crippen molar-refractivity contribution in [2.45, 2.75) is 32.4 Å². The first kappa shape index (κ1) is 15.8. The quantitative estimate of drug-likeness (QED) is 0.831. The molecule has 1 fully saturated rings. The lowest BCUT2D eigenvalue weighted by molar-refractivity contribution is -0.128. The van der Waals surface area contributed by atoms with Crippen molar-refractivity contribution in [1.82, 2.24) is 9.80 Å². The minimum atomic E-state index is 0.102. The molecule has 0 aromatic heterocycles. The molecule has 116 valence electrons. The van der Waals surface area contributed by atoms with E-state index in [2.05, 4.69) is 48.2 Å². The van der Waals surface area contributed by atoms with Crippen LogP contribution in [0.3, 0.4) is 0 Å². The first-order valence-electron chi connectivity index (χ1n) is 7.69. The van der Waals surface area contributed by atoms with E-state index in [0.717, 1.165) is 13.1 Å². The molecule has 1 aliphatic rings. The van der Waals surface area contributed by atoms with Crippen molar-refractivity contribution < 1.29 is 4.79 Å². The average Bonchev–Trinajstić information content (AvgIpc) is 2.86. The third-order valence-electron chi connectivity index (χ3n) is 4.18. The van der Waals surface area contributed by atoms with Crippen molar-refractivity contribution in [1.29, 1.82) is 0 Å². The minimum absolute atomic E-state index is 0.102. The monoisotopic (exact) mass is 289 g/mol. The molecule has 2 rings (SSSR count). The lowest BCUT2D eigenvalue weighted by atomic mass is 10.1. The molecule has 1 unspecified atom stereocenters. The Bertz CT molecular complexity index is 469. The Morgan fingerprint density at radius 3 is 2.48 bits per heavy atom. The smallest absolute Gasteiger partial charge is 0.219 e. The zero-order chi connectivity index (χ0) is 15.4. The molecule has 4 heteroatoms. The van der Waals surface area contributed by atoms with E-state index in [1.54, 1.807) is 11.8 Å². The standard InChI is InChI=1S/C17H27N3O/c1-14(21)19(4)12-15-7-9-16(10-8-15)20-11-5-6-17(20)13-18(2)3/h7-10,17H,5-6,11-13H2,1-4H3. The highest BCUT2D eigenvalue weighted by molar-refractivity contribution is 5.72. The summed E-state index contributed by atoms with van der Waals surface area (Å²) < 4.78 is 0. The number of benzene rings is 1. The van der Waals surface area contributed by atoms with Crippen molar-refractivity contribution in [2.75, 3.05) is 39.1 Å². The highest BCUT2D eigenvalue weighted by atomic mass is 16.2. The van der Waals surface area contributed by atoms with Crippen LogP contribution in [0.5, 0.6) is 0 Å². The van der Waals surface area contributed by atoms with Crippen molar-refractivity contribution in [3.63, 3.8) is 0 Å². The maximum atomic E-state index is 11.3. The van der Waals surface area contributed by atoms with Gasteiger partial charge in [0.25, 0.3) is 0 Å². The summed E-state index contributed by atoms with van der Waals surface area (Å²) in [7, 11) is 6.11. The summed E-state index contributed by atoms with van der Waals surface area (Å²) >= 11 is 0. The molecule has 0 radical (unpaired) electrons. The zero-order valence-electron chi connectivity index (χ0n) is 13.7.